The molecule has 17 heavy (non-hydrogen) atoms. The van der Waals surface area contributed by atoms with Crippen LogP contribution in [0.15, 0.2) is 0 Å². The summed E-state index contributed by atoms with van der Waals surface area (Å²) in [7, 11) is 0. The van der Waals surface area contributed by atoms with Crippen molar-refractivity contribution >= 4 is 11.9 Å². The second kappa shape index (κ2) is 7.27. The summed E-state index contributed by atoms with van der Waals surface area (Å²) in [6, 6.07) is 0. The van der Waals surface area contributed by atoms with Gasteiger partial charge in [-0.2, -0.15) is 0 Å². The molecule has 0 spiro atoms. The highest BCUT2D eigenvalue weighted by molar-refractivity contribution is 5.76. The van der Waals surface area contributed by atoms with E-state index >= 15 is 0 Å². The summed E-state index contributed by atoms with van der Waals surface area (Å²) < 4.78 is 9.49. The lowest BCUT2D eigenvalue weighted by Gasteiger charge is -2.29. The highest BCUT2D eigenvalue weighted by atomic mass is 16.6. The van der Waals surface area contributed by atoms with Crippen molar-refractivity contribution in [1.29, 1.82) is 0 Å². The minimum absolute atomic E-state index is 0.206. The number of esters is 2. The third-order valence-electron chi connectivity index (χ3n) is 2.94. The second-order valence-electron chi connectivity index (χ2n) is 4.77. The van der Waals surface area contributed by atoms with Crippen LogP contribution in [0.1, 0.15) is 34.1 Å². The first-order valence-electron chi connectivity index (χ1n) is 5.84. The summed E-state index contributed by atoms with van der Waals surface area (Å²) in [4.78, 5) is 22.5. The molecular weight excluding hydrogens is 222 g/mol. The van der Waals surface area contributed by atoms with Crippen LogP contribution in [0.5, 0.6) is 0 Å². The first-order chi connectivity index (χ1) is 7.83. The van der Waals surface area contributed by atoms with Crippen LogP contribution in [0, 0.1) is 11.3 Å². The molecule has 0 aromatic heterocycles. The summed E-state index contributed by atoms with van der Waals surface area (Å²) in [6.07, 6.45) is 0.241. The third kappa shape index (κ3) is 6.26. The smallest absolute Gasteiger partial charge is 0.344 e. The van der Waals surface area contributed by atoms with Crippen LogP contribution in [-0.4, -0.2) is 31.7 Å². The topological polar surface area (TPSA) is 78.6 Å². The average molecular weight is 245 g/mol. The van der Waals surface area contributed by atoms with Crippen molar-refractivity contribution in [2.45, 2.75) is 34.1 Å². The monoisotopic (exact) mass is 245 g/mol. The van der Waals surface area contributed by atoms with Gasteiger partial charge < -0.3 is 15.2 Å². The Kier molecular flexibility index (Phi) is 6.80. The predicted molar refractivity (Wildman–Crippen MR) is 64.2 cm³/mol. The van der Waals surface area contributed by atoms with E-state index in [1.807, 2.05) is 20.8 Å². The standard InChI is InChI=1S/C12H23NO4/c1-5-16-11(15)8-17-10(14)6-12(3,4)9(2)7-13/h9H,5-8,13H2,1-4H3. The molecule has 0 saturated carbocycles. The quantitative estimate of drug-likeness (QED) is 0.680. The molecule has 0 rings (SSSR count). The van der Waals surface area contributed by atoms with Gasteiger partial charge >= 0.3 is 11.9 Å². The number of hydrogen-bond acceptors (Lipinski definition) is 5. The van der Waals surface area contributed by atoms with Gasteiger partial charge in [-0.3, -0.25) is 4.79 Å². The lowest BCUT2D eigenvalue weighted by Crippen LogP contribution is -2.31. The van der Waals surface area contributed by atoms with Gasteiger partial charge in [-0.05, 0) is 24.8 Å². The fraction of sp³-hybridized carbons (Fsp3) is 0.833. The Morgan fingerprint density at radius 1 is 1.24 bits per heavy atom. The minimum atomic E-state index is -0.523. The fourth-order valence-electron chi connectivity index (χ4n) is 1.26. The fourth-order valence-corrected chi connectivity index (χ4v) is 1.26. The lowest BCUT2D eigenvalue weighted by molar-refractivity contribution is -0.160. The highest BCUT2D eigenvalue weighted by Crippen LogP contribution is 2.30. The van der Waals surface area contributed by atoms with Crippen LogP contribution in [0.2, 0.25) is 0 Å². The number of hydrogen-bond donors (Lipinski definition) is 1. The molecule has 5 nitrogen and oxygen atoms in total. The number of ether oxygens (including phenoxy) is 2. The molecule has 0 fully saturated rings. The highest BCUT2D eigenvalue weighted by Gasteiger charge is 2.28. The molecular formula is C12H23NO4. The first kappa shape index (κ1) is 15.9. The largest absolute Gasteiger partial charge is 0.463 e. The molecule has 0 aromatic carbocycles. The molecule has 5 heteroatoms. The van der Waals surface area contributed by atoms with Gasteiger partial charge in [0.2, 0.25) is 0 Å². The Balaban J connectivity index is 4.05. The van der Waals surface area contributed by atoms with E-state index in [-0.39, 0.29) is 31.0 Å². The zero-order valence-corrected chi connectivity index (χ0v) is 11.1. The van der Waals surface area contributed by atoms with Gasteiger partial charge in [-0.25, -0.2) is 4.79 Å². The first-order valence-corrected chi connectivity index (χ1v) is 5.84. The Morgan fingerprint density at radius 2 is 1.82 bits per heavy atom. The van der Waals surface area contributed by atoms with Crippen molar-refractivity contribution in [3.63, 3.8) is 0 Å². The molecule has 0 heterocycles. The molecule has 0 saturated heterocycles. The Hall–Kier alpha value is -1.10. The van der Waals surface area contributed by atoms with Crippen molar-refractivity contribution in [2.75, 3.05) is 19.8 Å². The van der Waals surface area contributed by atoms with Gasteiger partial charge in [0.05, 0.1) is 13.0 Å². The minimum Gasteiger partial charge on any atom is -0.463 e. The molecule has 0 aromatic rings. The van der Waals surface area contributed by atoms with Crippen LogP contribution in [-0.2, 0) is 19.1 Å². The van der Waals surface area contributed by atoms with Crippen molar-refractivity contribution in [2.24, 2.45) is 17.1 Å². The molecule has 0 aliphatic heterocycles. The number of carbonyl (C=O) groups excluding carboxylic acids is 2. The Labute approximate surface area is 103 Å². The second-order valence-corrected chi connectivity index (χ2v) is 4.77. The van der Waals surface area contributed by atoms with Crippen molar-refractivity contribution in [3.05, 3.63) is 0 Å². The van der Waals surface area contributed by atoms with Gasteiger partial charge in [0.25, 0.3) is 0 Å². The summed E-state index contributed by atoms with van der Waals surface area (Å²) >= 11 is 0. The molecule has 0 amide bonds. The van der Waals surface area contributed by atoms with E-state index in [0.717, 1.165) is 0 Å². The van der Waals surface area contributed by atoms with Crippen LogP contribution < -0.4 is 5.73 Å². The lowest BCUT2D eigenvalue weighted by atomic mass is 9.77. The predicted octanol–water partition coefficient (Wildman–Crippen LogP) is 1.10. The van der Waals surface area contributed by atoms with Crippen molar-refractivity contribution in [1.82, 2.24) is 0 Å². The van der Waals surface area contributed by atoms with E-state index in [9.17, 15) is 9.59 Å². The number of carbonyl (C=O) groups is 2. The molecule has 0 bridgehead atoms. The molecule has 0 radical (unpaired) electrons. The van der Waals surface area contributed by atoms with Crippen LogP contribution in [0.4, 0.5) is 0 Å². The molecule has 2 N–H and O–H groups in total. The Morgan fingerprint density at radius 3 is 2.29 bits per heavy atom. The third-order valence-corrected chi connectivity index (χ3v) is 2.94. The normalized spacial score (nSPS) is 13.0. The Bertz CT molecular complexity index is 263. The zero-order valence-electron chi connectivity index (χ0n) is 11.1. The molecule has 1 unspecified atom stereocenters. The number of rotatable bonds is 7. The zero-order chi connectivity index (χ0) is 13.5. The maximum absolute atomic E-state index is 11.5. The molecule has 100 valence electrons. The van der Waals surface area contributed by atoms with Gasteiger partial charge in [0.1, 0.15) is 0 Å². The van der Waals surface area contributed by atoms with Crippen LogP contribution in [0.3, 0.4) is 0 Å². The van der Waals surface area contributed by atoms with Crippen LogP contribution in [0.25, 0.3) is 0 Å². The maximum atomic E-state index is 11.5. The average Bonchev–Trinajstić information content (AvgIpc) is 2.25. The summed E-state index contributed by atoms with van der Waals surface area (Å²) in [5.74, 6) is -0.716. The van der Waals surface area contributed by atoms with Gasteiger partial charge in [-0.1, -0.05) is 20.8 Å². The van der Waals surface area contributed by atoms with Crippen molar-refractivity contribution < 1.29 is 19.1 Å². The van der Waals surface area contributed by atoms with E-state index in [4.69, 9.17) is 10.5 Å². The molecule has 1 atom stereocenters. The summed E-state index contributed by atoms with van der Waals surface area (Å²) in [6.45, 7) is 8.07. The SMILES string of the molecule is CCOC(=O)COC(=O)CC(C)(C)C(C)CN. The van der Waals surface area contributed by atoms with E-state index in [2.05, 4.69) is 4.74 Å². The summed E-state index contributed by atoms with van der Waals surface area (Å²) in [5.41, 5.74) is 5.33. The number of nitrogens with two attached hydrogens (primary N) is 1. The molecule has 0 aliphatic rings. The van der Waals surface area contributed by atoms with E-state index < -0.39 is 11.9 Å². The van der Waals surface area contributed by atoms with Gasteiger partial charge in [-0.15, -0.1) is 0 Å². The summed E-state index contributed by atoms with van der Waals surface area (Å²) in [5, 5.41) is 0. The van der Waals surface area contributed by atoms with Crippen LogP contribution >= 0.6 is 0 Å². The molecule has 0 aliphatic carbocycles. The van der Waals surface area contributed by atoms with E-state index in [0.29, 0.717) is 6.54 Å². The van der Waals surface area contributed by atoms with E-state index in [1.54, 1.807) is 6.92 Å². The van der Waals surface area contributed by atoms with Gasteiger partial charge in [0.15, 0.2) is 6.61 Å². The van der Waals surface area contributed by atoms with Crippen molar-refractivity contribution in [3.8, 4) is 0 Å². The van der Waals surface area contributed by atoms with E-state index in [1.165, 1.54) is 0 Å². The van der Waals surface area contributed by atoms with Gasteiger partial charge in [0, 0.05) is 0 Å². The maximum Gasteiger partial charge on any atom is 0.344 e.